The van der Waals surface area contributed by atoms with E-state index in [-0.39, 0.29) is 11.9 Å². The van der Waals surface area contributed by atoms with E-state index in [1.165, 1.54) is 0 Å². The predicted octanol–water partition coefficient (Wildman–Crippen LogP) is 2.21. The normalized spacial score (nSPS) is 29.4. The van der Waals surface area contributed by atoms with E-state index in [9.17, 15) is 9.90 Å². The summed E-state index contributed by atoms with van der Waals surface area (Å²) in [5.41, 5.74) is 0.0727. The molecule has 0 aromatic carbocycles. The summed E-state index contributed by atoms with van der Waals surface area (Å²) in [5.74, 6) is -0.373. The van der Waals surface area contributed by atoms with Gasteiger partial charge in [-0.3, -0.25) is 4.79 Å². The lowest BCUT2D eigenvalue weighted by molar-refractivity contribution is -0.147. The molecule has 2 atom stereocenters. The summed E-state index contributed by atoms with van der Waals surface area (Å²) in [6.45, 7) is 7.70. The molecule has 0 radical (unpaired) electrons. The predicted molar refractivity (Wildman–Crippen MR) is 62.9 cm³/mol. The van der Waals surface area contributed by atoms with Crippen molar-refractivity contribution in [3.63, 3.8) is 0 Å². The standard InChI is InChI=1S/C13H20O3/c1-4-7-13(15)8-6-11(10(3)9-13)12(14)16-5-2/h4,9,11,15H,1,5-8H2,2-3H3. The van der Waals surface area contributed by atoms with Crippen molar-refractivity contribution < 1.29 is 14.6 Å². The van der Waals surface area contributed by atoms with Gasteiger partial charge in [-0.25, -0.2) is 0 Å². The summed E-state index contributed by atoms with van der Waals surface area (Å²) in [7, 11) is 0. The molecule has 16 heavy (non-hydrogen) atoms. The summed E-state index contributed by atoms with van der Waals surface area (Å²) in [6.07, 6.45) is 5.24. The Balaban J connectivity index is 2.76. The van der Waals surface area contributed by atoms with Gasteiger partial charge in [-0.05, 0) is 33.1 Å². The van der Waals surface area contributed by atoms with Crippen LogP contribution in [0.25, 0.3) is 0 Å². The quantitative estimate of drug-likeness (QED) is 0.588. The van der Waals surface area contributed by atoms with Crippen LogP contribution in [-0.4, -0.2) is 23.3 Å². The van der Waals surface area contributed by atoms with Crippen LogP contribution in [0.1, 0.15) is 33.1 Å². The zero-order valence-corrected chi connectivity index (χ0v) is 10.0. The first-order valence-electron chi connectivity index (χ1n) is 5.71. The van der Waals surface area contributed by atoms with Gasteiger partial charge in [0.25, 0.3) is 0 Å². The average Bonchev–Trinajstić information content (AvgIpc) is 2.17. The molecule has 2 unspecified atom stereocenters. The Labute approximate surface area is 96.8 Å². The molecule has 0 saturated heterocycles. The van der Waals surface area contributed by atoms with Crippen molar-refractivity contribution in [1.82, 2.24) is 0 Å². The third-order valence-corrected chi connectivity index (χ3v) is 2.98. The van der Waals surface area contributed by atoms with Crippen molar-refractivity contribution in [2.24, 2.45) is 5.92 Å². The lowest BCUT2D eigenvalue weighted by atomic mass is 9.79. The molecule has 0 fully saturated rings. The lowest BCUT2D eigenvalue weighted by Crippen LogP contribution is -2.34. The highest BCUT2D eigenvalue weighted by molar-refractivity contribution is 5.76. The van der Waals surface area contributed by atoms with Crippen molar-refractivity contribution >= 4 is 5.97 Å². The molecular formula is C13H20O3. The molecule has 0 heterocycles. The third kappa shape index (κ3) is 2.95. The Bertz CT molecular complexity index is 306. The first-order valence-corrected chi connectivity index (χ1v) is 5.71. The zero-order chi connectivity index (χ0) is 12.2. The Morgan fingerprint density at radius 2 is 2.50 bits per heavy atom. The largest absolute Gasteiger partial charge is 0.466 e. The molecule has 90 valence electrons. The fraction of sp³-hybridized carbons (Fsp3) is 0.615. The van der Waals surface area contributed by atoms with E-state index in [0.717, 1.165) is 5.57 Å². The maximum atomic E-state index is 11.6. The van der Waals surface area contributed by atoms with Crippen LogP contribution in [0.15, 0.2) is 24.3 Å². The zero-order valence-electron chi connectivity index (χ0n) is 10.0. The number of rotatable bonds is 4. The van der Waals surface area contributed by atoms with Gasteiger partial charge in [0.2, 0.25) is 0 Å². The van der Waals surface area contributed by atoms with Gasteiger partial charge in [-0.1, -0.05) is 17.7 Å². The lowest BCUT2D eigenvalue weighted by Gasteiger charge is -2.32. The Hall–Kier alpha value is -1.09. The van der Waals surface area contributed by atoms with Gasteiger partial charge in [0.15, 0.2) is 0 Å². The first-order chi connectivity index (χ1) is 7.52. The van der Waals surface area contributed by atoms with E-state index in [2.05, 4.69) is 6.58 Å². The molecule has 1 aliphatic carbocycles. The van der Waals surface area contributed by atoms with Crippen molar-refractivity contribution in [2.45, 2.75) is 38.7 Å². The highest BCUT2D eigenvalue weighted by Crippen LogP contribution is 2.33. The smallest absolute Gasteiger partial charge is 0.313 e. The van der Waals surface area contributed by atoms with E-state index in [0.29, 0.717) is 25.9 Å². The van der Waals surface area contributed by atoms with Gasteiger partial charge in [0, 0.05) is 0 Å². The second kappa shape index (κ2) is 5.30. The van der Waals surface area contributed by atoms with Gasteiger partial charge >= 0.3 is 5.97 Å². The summed E-state index contributed by atoms with van der Waals surface area (Å²) >= 11 is 0. The fourth-order valence-electron chi connectivity index (χ4n) is 2.18. The van der Waals surface area contributed by atoms with Gasteiger partial charge in [-0.2, -0.15) is 0 Å². The summed E-state index contributed by atoms with van der Waals surface area (Å²) in [6, 6.07) is 0. The maximum Gasteiger partial charge on any atom is 0.313 e. The van der Waals surface area contributed by atoms with Crippen LogP contribution in [0.3, 0.4) is 0 Å². The number of hydrogen-bond donors (Lipinski definition) is 1. The number of aliphatic hydroxyl groups is 1. The maximum absolute atomic E-state index is 11.6. The molecule has 0 bridgehead atoms. The number of carbonyl (C=O) groups excluding carboxylic acids is 1. The van der Waals surface area contributed by atoms with Crippen molar-refractivity contribution in [3.05, 3.63) is 24.3 Å². The van der Waals surface area contributed by atoms with Crippen LogP contribution in [0.5, 0.6) is 0 Å². The average molecular weight is 224 g/mol. The Kier molecular flexibility index (Phi) is 4.30. The third-order valence-electron chi connectivity index (χ3n) is 2.98. The molecule has 0 aliphatic heterocycles. The van der Waals surface area contributed by atoms with E-state index >= 15 is 0 Å². The van der Waals surface area contributed by atoms with Gasteiger partial charge < -0.3 is 9.84 Å². The first kappa shape index (κ1) is 13.0. The van der Waals surface area contributed by atoms with Crippen LogP contribution in [0, 0.1) is 5.92 Å². The second-order valence-corrected chi connectivity index (χ2v) is 4.33. The fourth-order valence-corrected chi connectivity index (χ4v) is 2.18. The molecule has 0 amide bonds. The molecule has 0 spiro atoms. The van der Waals surface area contributed by atoms with Crippen molar-refractivity contribution in [1.29, 1.82) is 0 Å². The van der Waals surface area contributed by atoms with Gasteiger partial charge in [-0.15, -0.1) is 6.58 Å². The molecule has 3 nitrogen and oxygen atoms in total. The van der Waals surface area contributed by atoms with Crippen LogP contribution in [0.4, 0.5) is 0 Å². The van der Waals surface area contributed by atoms with E-state index in [1.54, 1.807) is 19.1 Å². The van der Waals surface area contributed by atoms with E-state index in [1.807, 2.05) is 6.92 Å². The molecule has 3 heteroatoms. The summed E-state index contributed by atoms with van der Waals surface area (Å²) < 4.78 is 5.00. The van der Waals surface area contributed by atoms with Crippen molar-refractivity contribution in [3.8, 4) is 0 Å². The minimum absolute atomic E-state index is 0.183. The number of hydrogen-bond acceptors (Lipinski definition) is 3. The number of ether oxygens (including phenoxy) is 1. The molecule has 1 rings (SSSR count). The van der Waals surface area contributed by atoms with Gasteiger partial charge in [0.05, 0.1) is 18.1 Å². The minimum Gasteiger partial charge on any atom is -0.466 e. The Morgan fingerprint density at radius 3 is 3.00 bits per heavy atom. The van der Waals surface area contributed by atoms with Crippen LogP contribution < -0.4 is 0 Å². The van der Waals surface area contributed by atoms with Crippen LogP contribution in [-0.2, 0) is 9.53 Å². The monoisotopic (exact) mass is 224 g/mol. The molecule has 0 aromatic rings. The highest BCUT2D eigenvalue weighted by atomic mass is 16.5. The van der Waals surface area contributed by atoms with Crippen LogP contribution >= 0.6 is 0 Å². The SMILES string of the molecule is C=CCC1(O)C=C(C)C(C(=O)OCC)CC1. The molecule has 1 N–H and O–H groups in total. The van der Waals surface area contributed by atoms with E-state index < -0.39 is 5.60 Å². The van der Waals surface area contributed by atoms with Crippen molar-refractivity contribution in [2.75, 3.05) is 6.61 Å². The molecular weight excluding hydrogens is 204 g/mol. The number of carbonyl (C=O) groups is 1. The molecule has 0 aromatic heterocycles. The second-order valence-electron chi connectivity index (χ2n) is 4.33. The van der Waals surface area contributed by atoms with Crippen LogP contribution in [0.2, 0.25) is 0 Å². The van der Waals surface area contributed by atoms with Gasteiger partial charge in [0.1, 0.15) is 0 Å². The number of esters is 1. The molecule has 0 saturated carbocycles. The molecule has 1 aliphatic rings. The Morgan fingerprint density at radius 1 is 1.81 bits per heavy atom. The minimum atomic E-state index is -0.825. The topological polar surface area (TPSA) is 46.5 Å². The summed E-state index contributed by atoms with van der Waals surface area (Å²) in [4.78, 5) is 11.6. The highest BCUT2D eigenvalue weighted by Gasteiger charge is 2.34. The van der Waals surface area contributed by atoms with E-state index in [4.69, 9.17) is 4.74 Å². The summed E-state index contributed by atoms with van der Waals surface area (Å²) in [5, 5.41) is 10.2.